The number of alkyl carbamates (subject to hydrolysis) is 1. The van der Waals surface area contributed by atoms with E-state index in [4.69, 9.17) is 13.8 Å². The van der Waals surface area contributed by atoms with E-state index < -0.39 is 25.3 Å². The van der Waals surface area contributed by atoms with E-state index in [2.05, 4.69) is 5.32 Å². The van der Waals surface area contributed by atoms with E-state index >= 15 is 0 Å². The molecule has 0 aromatic heterocycles. The van der Waals surface area contributed by atoms with Crippen molar-refractivity contribution in [3.8, 4) is 0 Å². The first-order valence-corrected chi connectivity index (χ1v) is 9.03. The molecule has 1 amide bonds. The molecule has 130 valence electrons. The quantitative estimate of drug-likeness (QED) is 0.496. The van der Waals surface area contributed by atoms with Gasteiger partial charge < -0.3 is 24.2 Å². The van der Waals surface area contributed by atoms with Crippen molar-refractivity contribution in [2.45, 2.75) is 46.3 Å². The van der Waals surface area contributed by atoms with Crippen LogP contribution in [0.1, 0.15) is 34.6 Å². The monoisotopic (exact) mass is 337 g/mol. The lowest BCUT2D eigenvalue weighted by Crippen LogP contribution is -2.40. The van der Waals surface area contributed by atoms with Crippen molar-refractivity contribution in [1.82, 2.24) is 5.32 Å². The Kier molecular flexibility index (Phi) is 9.60. The Morgan fingerprint density at radius 1 is 1.27 bits per heavy atom. The normalized spacial score (nSPS) is 14.1. The molecular formula is C14H28NO6P. The third kappa shape index (κ3) is 9.95. The van der Waals surface area contributed by atoms with Gasteiger partial charge in [-0.15, -0.1) is 0 Å². The zero-order chi connectivity index (χ0) is 17.2. The van der Waals surface area contributed by atoms with Crippen molar-refractivity contribution in [1.29, 1.82) is 0 Å². The van der Waals surface area contributed by atoms with Crippen LogP contribution in [0.2, 0.25) is 0 Å². The van der Waals surface area contributed by atoms with Gasteiger partial charge in [0.05, 0.1) is 32.0 Å². The smallest absolute Gasteiger partial charge is 0.408 e. The molecule has 0 saturated heterocycles. The molecule has 0 spiro atoms. The van der Waals surface area contributed by atoms with Crippen LogP contribution in [-0.2, 0) is 18.3 Å². The van der Waals surface area contributed by atoms with Gasteiger partial charge in [-0.3, -0.25) is 4.57 Å². The third-order valence-electron chi connectivity index (χ3n) is 2.25. The molecule has 0 aromatic carbocycles. The van der Waals surface area contributed by atoms with Gasteiger partial charge in [0.15, 0.2) is 0 Å². The largest absolute Gasteiger partial charge is 0.444 e. The zero-order valence-corrected chi connectivity index (χ0v) is 14.9. The Morgan fingerprint density at radius 2 is 1.82 bits per heavy atom. The number of hydrogen-bond donors (Lipinski definition) is 2. The van der Waals surface area contributed by atoms with Gasteiger partial charge in [0.2, 0.25) is 0 Å². The fourth-order valence-electron chi connectivity index (χ4n) is 1.50. The maximum absolute atomic E-state index is 12.2. The summed E-state index contributed by atoms with van der Waals surface area (Å²) in [5, 5.41) is 11.8. The maximum Gasteiger partial charge on any atom is 0.408 e. The lowest BCUT2D eigenvalue weighted by atomic mass is 10.2. The molecule has 8 heteroatoms. The molecule has 0 radical (unpaired) electrons. The average Bonchev–Trinajstić information content (AvgIpc) is 2.35. The van der Waals surface area contributed by atoms with Gasteiger partial charge in [-0.1, -0.05) is 12.2 Å². The Balaban J connectivity index is 4.53. The van der Waals surface area contributed by atoms with Crippen LogP contribution < -0.4 is 5.32 Å². The van der Waals surface area contributed by atoms with Crippen molar-refractivity contribution < 1.29 is 28.3 Å². The molecule has 22 heavy (non-hydrogen) atoms. The number of aliphatic hydroxyl groups is 1. The Labute approximate surface area is 132 Å². The molecule has 0 heterocycles. The number of allylic oxidation sites excluding steroid dienone is 1. The molecule has 0 aliphatic rings. The molecule has 0 fully saturated rings. The first-order valence-electron chi connectivity index (χ1n) is 7.31. The summed E-state index contributed by atoms with van der Waals surface area (Å²) in [6.45, 7) is 8.97. The number of rotatable bonds is 9. The molecule has 0 aliphatic heterocycles. The first-order chi connectivity index (χ1) is 10.2. The second-order valence-corrected chi connectivity index (χ2v) is 7.60. The highest BCUT2D eigenvalue weighted by Gasteiger charge is 2.22. The van der Waals surface area contributed by atoms with E-state index in [0.717, 1.165) is 0 Å². The van der Waals surface area contributed by atoms with Crippen LogP contribution in [0.3, 0.4) is 0 Å². The Hall–Kier alpha value is -0.880. The molecular weight excluding hydrogens is 309 g/mol. The van der Waals surface area contributed by atoms with Crippen molar-refractivity contribution in [3.05, 3.63) is 12.2 Å². The van der Waals surface area contributed by atoms with Crippen molar-refractivity contribution >= 4 is 13.7 Å². The lowest BCUT2D eigenvalue weighted by Gasteiger charge is -2.21. The fraction of sp³-hybridized carbons (Fsp3) is 0.786. The number of ether oxygens (including phenoxy) is 1. The number of nitrogens with one attached hydrogen (secondary N) is 1. The summed E-state index contributed by atoms with van der Waals surface area (Å²) in [4.78, 5) is 11.6. The highest BCUT2D eigenvalue weighted by Crippen LogP contribution is 2.47. The summed E-state index contributed by atoms with van der Waals surface area (Å²) in [5.74, 6) is 0. The zero-order valence-electron chi connectivity index (χ0n) is 14.0. The van der Waals surface area contributed by atoms with Crippen molar-refractivity contribution in [2.24, 2.45) is 0 Å². The van der Waals surface area contributed by atoms with Gasteiger partial charge in [-0.05, 0) is 34.6 Å². The van der Waals surface area contributed by atoms with E-state index in [-0.39, 0.29) is 26.0 Å². The highest BCUT2D eigenvalue weighted by molar-refractivity contribution is 7.54. The minimum Gasteiger partial charge on any atom is -0.444 e. The Bertz CT molecular complexity index is 395. The molecule has 0 saturated carbocycles. The van der Waals surface area contributed by atoms with Crippen LogP contribution in [0.4, 0.5) is 4.79 Å². The Morgan fingerprint density at radius 3 is 2.23 bits per heavy atom. The number of aliphatic hydroxyl groups excluding tert-OH is 1. The van der Waals surface area contributed by atoms with Crippen LogP contribution in [0.15, 0.2) is 12.2 Å². The van der Waals surface area contributed by atoms with E-state index in [1.165, 1.54) is 6.08 Å². The van der Waals surface area contributed by atoms with Crippen LogP contribution in [0, 0.1) is 0 Å². The molecule has 7 nitrogen and oxygen atoms in total. The van der Waals surface area contributed by atoms with Crippen LogP contribution in [-0.4, -0.2) is 48.8 Å². The van der Waals surface area contributed by atoms with E-state index in [1.807, 2.05) is 0 Å². The second kappa shape index (κ2) is 10.0. The summed E-state index contributed by atoms with van der Waals surface area (Å²) < 4.78 is 27.6. The summed E-state index contributed by atoms with van der Waals surface area (Å²) >= 11 is 0. The summed E-state index contributed by atoms with van der Waals surface area (Å²) in [6.07, 6.45) is 2.54. The van der Waals surface area contributed by atoms with Gasteiger partial charge in [-0.2, -0.15) is 0 Å². The standard InChI is InChI=1S/C14H28NO6P/c1-6-19-22(18,20-7-2)10-8-9-12(11-16)15-13(17)21-14(3,4)5/h8-9,12,16H,6-7,10-11H2,1-5H3,(H,15,17). The molecule has 1 unspecified atom stereocenters. The van der Waals surface area contributed by atoms with E-state index in [1.54, 1.807) is 40.7 Å². The van der Waals surface area contributed by atoms with Crippen LogP contribution >= 0.6 is 7.60 Å². The first kappa shape index (κ1) is 21.1. The topological polar surface area (TPSA) is 94.1 Å². The average molecular weight is 337 g/mol. The summed E-state index contributed by atoms with van der Waals surface area (Å²) in [7, 11) is -3.17. The van der Waals surface area contributed by atoms with Gasteiger partial charge in [0, 0.05) is 0 Å². The molecule has 0 bridgehead atoms. The van der Waals surface area contributed by atoms with Crippen molar-refractivity contribution in [3.63, 3.8) is 0 Å². The van der Waals surface area contributed by atoms with Gasteiger partial charge in [0.25, 0.3) is 0 Å². The second-order valence-electron chi connectivity index (χ2n) is 5.49. The number of hydrogen-bond acceptors (Lipinski definition) is 6. The number of amides is 1. The van der Waals surface area contributed by atoms with Gasteiger partial charge in [0.1, 0.15) is 5.60 Å². The fourth-order valence-corrected chi connectivity index (χ4v) is 2.96. The van der Waals surface area contributed by atoms with E-state index in [9.17, 15) is 14.5 Å². The highest BCUT2D eigenvalue weighted by atomic mass is 31.2. The molecule has 0 rings (SSSR count). The summed E-state index contributed by atoms with van der Waals surface area (Å²) in [5.41, 5.74) is -0.618. The van der Waals surface area contributed by atoms with Gasteiger partial charge >= 0.3 is 13.7 Å². The molecule has 0 aromatic rings. The number of carbonyl (C=O) groups excluding carboxylic acids is 1. The summed E-state index contributed by atoms with van der Waals surface area (Å²) in [6, 6.07) is -0.633. The van der Waals surface area contributed by atoms with E-state index in [0.29, 0.717) is 0 Å². The van der Waals surface area contributed by atoms with Crippen LogP contribution in [0.5, 0.6) is 0 Å². The predicted molar refractivity (Wildman–Crippen MR) is 85.1 cm³/mol. The van der Waals surface area contributed by atoms with Crippen molar-refractivity contribution in [2.75, 3.05) is 26.0 Å². The molecule has 2 N–H and O–H groups in total. The minimum absolute atomic E-state index is 0.0706. The minimum atomic E-state index is -3.17. The lowest BCUT2D eigenvalue weighted by molar-refractivity contribution is 0.0498. The number of carbonyl (C=O) groups is 1. The van der Waals surface area contributed by atoms with Gasteiger partial charge in [-0.25, -0.2) is 4.79 Å². The molecule has 1 atom stereocenters. The molecule has 0 aliphatic carbocycles. The maximum atomic E-state index is 12.2. The van der Waals surface area contributed by atoms with Crippen LogP contribution in [0.25, 0.3) is 0 Å². The predicted octanol–water partition coefficient (Wildman–Crippen LogP) is 2.69. The third-order valence-corrected chi connectivity index (χ3v) is 4.21. The SMILES string of the molecule is CCOP(=O)(CC=CC(CO)NC(=O)OC(C)(C)C)OCC.